The Bertz CT molecular complexity index is 482. The molecule has 1 aliphatic heterocycles. The van der Waals surface area contributed by atoms with Crippen molar-refractivity contribution in [2.45, 2.75) is 19.5 Å². The van der Waals surface area contributed by atoms with Crippen molar-refractivity contribution in [2.24, 2.45) is 5.92 Å². The van der Waals surface area contributed by atoms with Gasteiger partial charge in [-0.15, -0.1) is 0 Å². The van der Waals surface area contributed by atoms with Crippen LogP contribution in [0.2, 0.25) is 0 Å². The summed E-state index contributed by atoms with van der Waals surface area (Å²) in [5.41, 5.74) is -0.618. The van der Waals surface area contributed by atoms with E-state index in [-0.39, 0.29) is 5.56 Å². The first-order valence-electron chi connectivity index (χ1n) is 5.82. The van der Waals surface area contributed by atoms with Crippen LogP contribution in [0.3, 0.4) is 0 Å². The van der Waals surface area contributed by atoms with Gasteiger partial charge in [0.1, 0.15) is 0 Å². The maximum absolute atomic E-state index is 12.8. The highest BCUT2D eigenvalue weighted by Crippen LogP contribution is 2.36. The number of anilines is 1. The van der Waals surface area contributed by atoms with Gasteiger partial charge in [0.15, 0.2) is 0 Å². The normalized spacial score (nSPS) is 16.3. The van der Waals surface area contributed by atoms with E-state index >= 15 is 0 Å². The lowest BCUT2D eigenvalue weighted by Crippen LogP contribution is -2.46. The summed E-state index contributed by atoms with van der Waals surface area (Å²) in [6.07, 6.45) is -3.44. The number of halogens is 3. The van der Waals surface area contributed by atoms with E-state index in [0.29, 0.717) is 11.6 Å². The number of nitriles is 1. The summed E-state index contributed by atoms with van der Waals surface area (Å²) in [5.74, 6) is 0.565. The Labute approximate surface area is 104 Å². The summed E-state index contributed by atoms with van der Waals surface area (Å²) in [6, 6.07) is 5.49. The van der Waals surface area contributed by atoms with Gasteiger partial charge in [-0.1, -0.05) is 6.92 Å². The molecular weight excluding hydrogens is 241 g/mol. The van der Waals surface area contributed by atoms with Crippen molar-refractivity contribution in [2.75, 3.05) is 18.0 Å². The van der Waals surface area contributed by atoms with Crippen molar-refractivity contribution in [1.29, 1.82) is 5.26 Å². The van der Waals surface area contributed by atoms with Crippen LogP contribution in [0.4, 0.5) is 18.9 Å². The topological polar surface area (TPSA) is 27.0 Å². The molecule has 2 nitrogen and oxygen atoms in total. The average molecular weight is 254 g/mol. The minimum atomic E-state index is -4.48. The summed E-state index contributed by atoms with van der Waals surface area (Å²) >= 11 is 0. The molecule has 1 aliphatic rings. The second-order valence-electron chi connectivity index (χ2n) is 4.52. The van der Waals surface area contributed by atoms with E-state index in [1.165, 1.54) is 6.07 Å². The minimum Gasteiger partial charge on any atom is -0.371 e. The summed E-state index contributed by atoms with van der Waals surface area (Å²) in [4.78, 5) is 1.91. The monoisotopic (exact) mass is 254 g/mol. The third-order valence-corrected chi connectivity index (χ3v) is 3.33. The Balaban J connectivity index is 2.28. The van der Waals surface area contributed by atoms with Crippen LogP contribution >= 0.6 is 0 Å². The van der Waals surface area contributed by atoms with Gasteiger partial charge in [-0.25, -0.2) is 0 Å². The van der Waals surface area contributed by atoms with Gasteiger partial charge in [0.2, 0.25) is 0 Å². The number of hydrogen-bond acceptors (Lipinski definition) is 2. The third kappa shape index (κ3) is 2.28. The molecule has 0 N–H and O–H groups in total. The van der Waals surface area contributed by atoms with Crippen molar-refractivity contribution in [3.8, 4) is 6.07 Å². The molecule has 1 aromatic rings. The molecule has 1 fully saturated rings. The van der Waals surface area contributed by atoms with Gasteiger partial charge in [0.25, 0.3) is 0 Å². The molecule has 0 bridgehead atoms. The van der Waals surface area contributed by atoms with Crippen LogP contribution in [0.25, 0.3) is 0 Å². The number of alkyl halides is 3. The van der Waals surface area contributed by atoms with Crippen molar-refractivity contribution in [3.63, 3.8) is 0 Å². The molecule has 0 atom stereocenters. The van der Waals surface area contributed by atoms with E-state index in [1.807, 2.05) is 4.90 Å². The first-order valence-corrected chi connectivity index (χ1v) is 5.82. The van der Waals surface area contributed by atoms with E-state index in [1.54, 1.807) is 12.1 Å². The maximum atomic E-state index is 12.8. The number of nitrogens with zero attached hydrogens (tertiary/aromatic N) is 2. The SMILES string of the molecule is CCC1CN(c2ccc(C#N)c(C(F)(F)F)c2)C1. The third-order valence-electron chi connectivity index (χ3n) is 3.33. The van der Waals surface area contributed by atoms with Gasteiger partial charge in [-0.05, 0) is 30.5 Å². The fraction of sp³-hybridized carbons (Fsp3) is 0.462. The molecule has 0 radical (unpaired) electrons. The van der Waals surface area contributed by atoms with Crippen molar-refractivity contribution < 1.29 is 13.2 Å². The zero-order chi connectivity index (χ0) is 13.3. The van der Waals surface area contributed by atoms with Gasteiger partial charge < -0.3 is 4.90 Å². The first-order chi connectivity index (χ1) is 8.45. The number of rotatable bonds is 2. The Morgan fingerprint density at radius 3 is 2.56 bits per heavy atom. The Morgan fingerprint density at radius 2 is 2.06 bits per heavy atom. The molecule has 96 valence electrons. The quantitative estimate of drug-likeness (QED) is 0.808. The predicted octanol–water partition coefficient (Wildman–Crippen LogP) is 3.42. The zero-order valence-corrected chi connectivity index (χ0v) is 9.96. The van der Waals surface area contributed by atoms with Crippen molar-refractivity contribution >= 4 is 5.69 Å². The molecule has 0 unspecified atom stereocenters. The summed E-state index contributed by atoms with van der Waals surface area (Å²) in [5, 5.41) is 8.70. The second-order valence-corrected chi connectivity index (χ2v) is 4.52. The molecule has 1 aromatic carbocycles. The van der Waals surface area contributed by atoms with E-state index < -0.39 is 11.7 Å². The van der Waals surface area contributed by atoms with Crippen LogP contribution in [0.1, 0.15) is 24.5 Å². The van der Waals surface area contributed by atoms with Gasteiger partial charge in [0, 0.05) is 18.8 Å². The molecule has 18 heavy (non-hydrogen) atoms. The molecule has 1 heterocycles. The summed E-state index contributed by atoms with van der Waals surface area (Å²) in [7, 11) is 0. The number of hydrogen-bond donors (Lipinski definition) is 0. The van der Waals surface area contributed by atoms with Crippen LogP contribution in [-0.4, -0.2) is 13.1 Å². The van der Waals surface area contributed by atoms with E-state index in [0.717, 1.165) is 25.6 Å². The molecule has 0 saturated carbocycles. The lowest BCUT2D eigenvalue weighted by Gasteiger charge is -2.41. The molecule has 0 aromatic heterocycles. The fourth-order valence-corrected chi connectivity index (χ4v) is 2.10. The Morgan fingerprint density at radius 1 is 1.39 bits per heavy atom. The van der Waals surface area contributed by atoms with Gasteiger partial charge in [-0.3, -0.25) is 0 Å². The van der Waals surface area contributed by atoms with Crippen LogP contribution in [0, 0.1) is 17.2 Å². The van der Waals surface area contributed by atoms with Crippen LogP contribution < -0.4 is 4.90 Å². The molecule has 2 rings (SSSR count). The molecule has 0 amide bonds. The standard InChI is InChI=1S/C13H13F3N2/c1-2-9-7-18(8-9)11-4-3-10(6-17)12(5-11)13(14,15)16/h3-5,9H,2,7-8H2,1H3. The highest BCUT2D eigenvalue weighted by molar-refractivity contribution is 5.56. The predicted molar refractivity (Wildman–Crippen MR) is 62.2 cm³/mol. The second kappa shape index (κ2) is 4.52. The number of benzene rings is 1. The fourth-order valence-electron chi connectivity index (χ4n) is 2.10. The Hall–Kier alpha value is -1.70. The lowest BCUT2D eigenvalue weighted by molar-refractivity contribution is -0.137. The van der Waals surface area contributed by atoms with Crippen LogP contribution in [0.5, 0.6) is 0 Å². The minimum absolute atomic E-state index is 0.321. The average Bonchev–Trinajstić information content (AvgIpc) is 2.26. The van der Waals surface area contributed by atoms with E-state index in [9.17, 15) is 13.2 Å². The summed E-state index contributed by atoms with van der Waals surface area (Å²) < 4.78 is 38.3. The Kier molecular flexibility index (Phi) is 3.20. The highest BCUT2D eigenvalue weighted by atomic mass is 19.4. The molecule has 1 saturated heterocycles. The van der Waals surface area contributed by atoms with E-state index in [4.69, 9.17) is 5.26 Å². The van der Waals surface area contributed by atoms with Crippen LogP contribution in [-0.2, 0) is 6.18 Å². The van der Waals surface area contributed by atoms with Crippen LogP contribution in [0.15, 0.2) is 18.2 Å². The zero-order valence-electron chi connectivity index (χ0n) is 9.96. The van der Waals surface area contributed by atoms with Gasteiger partial charge in [-0.2, -0.15) is 18.4 Å². The largest absolute Gasteiger partial charge is 0.417 e. The highest BCUT2D eigenvalue weighted by Gasteiger charge is 2.35. The van der Waals surface area contributed by atoms with Crippen molar-refractivity contribution in [3.05, 3.63) is 29.3 Å². The smallest absolute Gasteiger partial charge is 0.371 e. The molecular formula is C13H13F3N2. The molecule has 0 spiro atoms. The van der Waals surface area contributed by atoms with Gasteiger partial charge >= 0.3 is 6.18 Å². The molecule has 5 heteroatoms. The lowest BCUT2D eigenvalue weighted by atomic mass is 9.95. The van der Waals surface area contributed by atoms with E-state index in [2.05, 4.69) is 6.92 Å². The van der Waals surface area contributed by atoms with Crippen molar-refractivity contribution in [1.82, 2.24) is 0 Å². The molecule has 0 aliphatic carbocycles. The van der Waals surface area contributed by atoms with Gasteiger partial charge in [0.05, 0.1) is 17.2 Å². The maximum Gasteiger partial charge on any atom is 0.417 e. The summed E-state index contributed by atoms with van der Waals surface area (Å²) in [6.45, 7) is 3.65. The first kappa shape index (κ1) is 12.7.